The van der Waals surface area contributed by atoms with Crippen LogP contribution < -0.4 is 16.4 Å². The zero-order chi connectivity index (χ0) is 17.3. The highest BCUT2D eigenvalue weighted by Gasteiger charge is 2.15. The Morgan fingerprint density at radius 2 is 2.04 bits per heavy atom. The number of nitrogens with one attached hydrogen (secondary N) is 2. The molecule has 2 heterocycles. The summed E-state index contributed by atoms with van der Waals surface area (Å²) in [4.78, 5) is 19.6. The summed E-state index contributed by atoms with van der Waals surface area (Å²) in [6.45, 7) is 1.88. The van der Waals surface area contributed by atoms with Crippen LogP contribution in [0.25, 0.3) is 21.9 Å². The third-order valence-electron chi connectivity index (χ3n) is 3.80. The summed E-state index contributed by atoms with van der Waals surface area (Å²) in [7, 11) is 1.51. The number of hydrogen-bond donors (Lipinski definition) is 3. The van der Waals surface area contributed by atoms with Crippen LogP contribution >= 0.6 is 0 Å². The molecule has 0 aliphatic heterocycles. The first-order valence-corrected chi connectivity index (χ1v) is 7.28. The number of rotatable bonds is 2. The van der Waals surface area contributed by atoms with Crippen LogP contribution in [0.5, 0.6) is 0 Å². The Balaban J connectivity index is 2.19. The summed E-state index contributed by atoms with van der Waals surface area (Å²) in [6.07, 6.45) is 4.69. The highest BCUT2D eigenvalue weighted by atomic mass is 19.1. The van der Waals surface area contributed by atoms with Gasteiger partial charge in [0.1, 0.15) is 5.82 Å². The normalized spacial score (nSPS) is 10.6. The van der Waals surface area contributed by atoms with Gasteiger partial charge in [-0.3, -0.25) is 10.3 Å². The van der Waals surface area contributed by atoms with Crippen molar-refractivity contribution >= 4 is 28.3 Å². The van der Waals surface area contributed by atoms with Crippen LogP contribution in [0.2, 0.25) is 0 Å². The number of aryl methyl sites for hydroxylation is 1. The summed E-state index contributed by atoms with van der Waals surface area (Å²) < 4.78 is 14.7. The van der Waals surface area contributed by atoms with Crippen molar-refractivity contribution in [1.82, 2.24) is 15.3 Å². The molecule has 0 saturated heterocycles. The van der Waals surface area contributed by atoms with Gasteiger partial charge in [0.15, 0.2) is 5.82 Å². The quantitative estimate of drug-likeness (QED) is 0.631. The maximum Gasteiger partial charge on any atom is 0.320 e. The third kappa shape index (κ3) is 2.71. The lowest BCUT2D eigenvalue weighted by molar-refractivity contribution is 0.254. The molecule has 1 aromatic carbocycles. The van der Waals surface area contributed by atoms with Gasteiger partial charge in [0.25, 0.3) is 0 Å². The van der Waals surface area contributed by atoms with Crippen molar-refractivity contribution in [3.8, 4) is 11.1 Å². The molecule has 2 amide bonds. The van der Waals surface area contributed by atoms with E-state index in [-0.39, 0.29) is 11.7 Å². The Labute approximate surface area is 137 Å². The van der Waals surface area contributed by atoms with Gasteiger partial charge in [-0.25, -0.2) is 14.2 Å². The molecule has 0 saturated carbocycles. The zero-order valence-corrected chi connectivity index (χ0v) is 13.2. The van der Waals surface area contributed by atoms with E-state index in [0.717, 1.165) is 5.56 Å². The van der Waals surface area contributed by atoms with E-state index >= 15 is 0 Å². The summed E-state index contributed by atoms with van der Waals surface area (Å²) in [6, 6.07) is 4.75. The van der Waals surface area contributed by atoms with Gasteiger partial charge in [-0.05, 0) is 36.1 Å². The number of nitrogens with zero attached hydrogens (tertiary/aromatic N) is 2. The van der Waals surface area contributed by atoms with Crippen LogP contribution in [0.15, 0.2) is 36.8 Å². The number of amides is 2. The molecule has 0 fully saturated rings. The monoisotopic (exact) mass is 325 g/mol. The number of halogens is 1. The standard InChI is InChI=1S/C17H16FN5O/c1-9-3-4-21-7-12(9)11-5-10-6-14(23-17(24)20-2)22-8-13(10)16(19)15(11)18/h3-8H,19H2,1-2H3,(H2,20,22,23,24). The number of nitrogens with two attached hydrogens (primary N) is 1. The van der Waals surface area contributed by atoms with Gasteiger partial charge in [0.2, 0.25) is 0 Å². The molecule has 6 nitrogen and oxygen atoms in total. The minimum Gasteiger partial charge on any atom is -0.396 e. The van der Waals surface area contributed by atoms with Gasteiger partial charge in [0, 0.05) is 42.2 Å². The second-order valence-electron chi connectivity index (χ2n) is 5.34. The molecule has 0 radical (unpaired) electrons. The summed E-state index contributed by atoms with van der Waals surface area (Å²) in [5, 5.41) is 6.18. The van der Waals surface area contributed by atoms with Gasteiger partial charge in [-0.1, -0.05) is 0 Å². The number of hydrogen-bond acceptors (Lipinski definition) is 4. The first-order valence-electron chi connectivity index (χ1n) is 7.28. The minimum atomic E-state index is -0.507. The molecule has 0 unspecified atom stereocenters. The summed E-state index contributed by atoms with van der Waals surface area (Å²) in [5.74, 6) is -0.158. The van der Waals surface area contributed by atoms with E-state index in [9.17, 15) is 9.18 Å². The van der Waals surface area contributed by atoms with Gasteiger partial charge >= 0.3 is 6.03 Å². The molecule has 0 bridgehead atoms. The molecular weight excluding hydrogens is 309 g/mol. The average molecular weight is 325 g/mol. The van der Waals surface area contributed by atoms with E-state index < -0.39 is 5.82 Å². The molecule has 2 aromatic heterocycles. The molecule has 0 aliphatic rings. The number of carbonyl (C=O) groups is 1. The second kappa shape index (κ2) is 6.11. The maximum absolute atomic E-state index is 14.7. The lowest BCUT2D eigenvalue weighted by Crippen LogP contribution is -2.24. The van der Waals surface area contributed by atoms with Crippen molar-refractivity contribution in [3.05, 3.63) is 48.2 Å². The van der Waals surface area contributed by atoms with Gasteiger partial charge in [-0.15, -0.1) is 0 Å². The fourth-order valence-electron chi connectivity index (χ4n) is 2.49. The number of fused-ring (bicyclic) bond motifs is 1. The number of pyridine rings is 2. The summed E-state index contributed by atoms with van der Waals surface area (Å²) >= 11 is 0. The van der Waals surface area contributed by atoms with Crippen molar-refractivity contribution in [3.63, 3.8) is 0 Å². The van der Waals surface area contributed by atoms with Crippen molar-refractivity contribution in [2.24, 2.45) is 0 Å². The highest BCUT2D eigenvalue weighted by Crippen LogP contribution is 2.34. The van der Waals surface area contributed by atoms with E-state index in [4.69, 9.17) is 5.73 Å². The van der Waals surface area contributed by atoms with Crippen molar-refractivity contribution in [1.29, 1.82) is 0 Å². The number of aromatic nitrogens is 2. The topological polar surface area (TPSA) is 92.9 Å². The van der Waals surface area contributed by atoms with Gasteiger partial charge < -0.3 is 11.1 Å². The lowest BCUT2D eigenvalue weighted by atomic mass is 9.98. The predicted molar refractivity (Wildman–Crippen MR) is 92.2 cm³/mol. The molecule has 7 heteroatoms. The molecule has 24 heavy (non-hydrogen) atoms. The Morgan fingerprint density at radius 3 is 2.75 bits per heavy atom. The van der Waals surface area contributed by atoms with Crippen LogP contribution in [0, 0.1) is 12.7 Å². The first-order chi connectivity index (χ1) is 11.5. The van der Waals surface area contributed by atoms with Gasteiger partial charge in [0.05, 0.1) is 5.69 Å². The Kier molecular flexibility index (Phi) is 3.99. The number of nitrogen functional groups attached to an aromatic ring is 1. The molecular formula is C17H16FN5O. The second-order valence-corrected chi connectivity index (χ2v) is 5.34. The van der Waals surface area contributed by atoms with Crippen molar-refractivity contribution < 1.29 is 9.18 Å². The van der Waals surface area contributed by atoms with E-state index in [0.29, 0.717) is 27.7 Å². The Morgan fingerprint density at radius 1 is 1.25 bits per heavy atom. The van der Waals surface area contributed by atoms with Crippen LogP contribution in [0.4, 0.5) is 20.7 Å². The number of anilines is 2. The fraction of sp³-hybridized carbons (Fsp3) is 0.118. The Hall–Kier alpha value is -3.22. The van der Waals surface area contributed by atoms with Crippen molar-refractivity contribution in [2.45, 2.75) is 6.92 Å². The SMILES string of the molecule is CNC(=O)Nc1cc2cc(-c3cnccc3C)c(F)c(N)c2cn1. The average Bonchev–Trinajstić information content (AvgIpc) is 2.58. The summed E-state index contributed by atoms with van der Waals surface area (Å²) in [5.41, 5.74) is 7.89. The smallest absolute Gasteiger partial charge is 0.320 e. The van der Waals surface area contributed by atoms with E-state index in [1.807, 2.05) is 6.92 Å². The number of carbonyl (C=O) groups excluding carboxylic acids is 1. The highest BCUT2D eigenvalue weighted by molar-refractivity contribution is 5.99. The molecule has 0 atom stereocenters. The molecule has 4 N–H and O–H groups in total. The fourth-order valence-corrected chi connectivity index (χ4v) is 2.49. The maximum atomic E-state index is 14.7. The molecule has 3 aromatic rings. The van der Waals surface area contributed by atoms with E-state index in [1.165, 1.54) is 13.2 Å². The number of benzene rings is 1. The zero-order valence-electron chi connectivity index (χ0n) is 13.2. The predicted octanol–water partition coefficient (Wildman–Crippen LogP) is 3.08. The molecule has 122 valence electrons. The minimum absolute atomic E-state index is 0.0183. The van der Waals surface area contributed by atoms with Crippen molar-refractivity contribution in [2.75, 3.05) is 18.1 Å². The molecule has 0 aliphatic carbocycles. The van der Waals surface area contributed by atoms with E-state index in [1.54, 1.807) is 30.6 Å². The third-order valence-corrected chi connectivity index (χ3v) is 3.80. The number of urea groups is 1. The van der Waals surface area contributed by atoms with Crippen LogP contribution in [-0.4, -0.2) is 23.0 Å². The van der Waals surface area contributed by atoms with Crippen LogP contribution in [0.3, 0.4) is 0 Å². The largest absolute Gasteiger partial charge is 0.396 e. The first kappa shape index (κ1) is 15.7. The Bertz CT molecular complexity index is 942. The molecule has 3 rings (SSSR count). The van der Waals surface area contributed by atoms with Crippen LogP contribution in [-0.2, 0) is 0 Å². The van der Waals surface area contributed by atoms with E-state index in [2.05, 4.69) is 20.6 Å². The van der Waals surface area contributed by atoms with Gasteiger partial charge in [-0.2, -0.15) is 0 Å². The lowest BCUT2D eigenvalue weighted by Gasteiger charge is -2.12. The molecule has 0 spiro atoms. The van der Waals surface area contributed by atoms with Crippen LogP contribution in [0.1, 0.15) is 5.56 Å².